The van der Waals surface area contributed by atoms with Gasteiger partial charge in [-0.3, -0.25) is 14.6 Å². The van der Waals surface area contributed by atoms with E-state index in [0.29, 0.717) is 18.8 Å². The van der Waals surface area contributed by atoms with Gasteiger partial charge in [-0.05, 0) is 74.0 Å². The molecule has 176 valence electrons. The highest BCUT2D eigenvalue weighted by Crippen LogP contribution is 2.27. The first-order valence-electron chi connectivity index (χ1n) is 10.6. The van der Waals surface area contributed by atoms with Gasteiger partial charge in [-0.2, -0.15) is 0 Å². The molecule has 0 radical (unpaired) electrons. The Bertz CT molecular complexity index is 1300. The van der Waals surface area contributed by atoms with Crippen LogP contribution in [0.1, 0.15) is 29.8 Å². The fourth-order valence-corrected chi connectivity index (χ4v) is 4.69. The molecule has 0 fully saturated rings. The number of sulfone groups is 1. The summed E-state index contributed by atoms with van der Waals surface area (Å²) in [5, 5.41) is 2.87. The van der Waals surface area contributed by atoms with Crippen molar-refractivity contribution >= 4 is 45.0 Å². The van der Waals surface area contributed by atoms with E-state index in [9.17, 15) is 18.0 Å². The lowest BCUT2D eigenvalue weighted by atomic mass is 10.2. The normalized spacial score (nSPS) is 11.4. The summed E-state index contributed by atoms with van der Waals surface area (Å²) < 4.78 is 26.3. The van der Waals surface area contributed by atoms with E-state index >= 15 is 0 Å². The van der Waals surface area contributed by atoms with Crippen molar-refractivity contribution in [2.24, 2.45) is 0 Å². The monoisotopic (exact) mass is 497 g/mol. The van der Waals surface area contributed by atoms with Gasteiger partial charge < -0.3 is 10.2 Å². The molecule has 0 aliphatic heterocycles. The fourth-order valence-electron chi connectivity index (χ4n) is 3.20. The zero-order valence-electron chi connectivity index (χ0n) is 18.7. The van der Waals surface area contributed by atoms with Gasteiger partial charge >= 0.3 is 0 Å². The van der Waals surface area contributed by atoms with Crippen LogP contribution in [0.3, 0.4) is 0 Å². The third kappa shape index (κ3) is 5.89. The van der Waals surface area contributed by atoms with Gasteiger partial charge in [0.2, 0.25) is 15.7 Å². The van der Waals surface area contributed by atoms with E-state index in [0.717, 1.165) is 5.56 Å². The zero-order chi connectivity index (χ0) is 24.7. The average molecular weight is 498 g/mol. The van der Waals surface area contributed by atoms with Crippen molar-refractivity contribution in [1.82, 2.24) is 9.88 Å². The molecular formula is C25H24ClN3O4S. The predicted octanol–water partition coefficient (Wildman–Crippen LogP) is 4.70. The van der Waals surface area contributed by atoms with E-state index in [1.807, 2.05) is 19.9 Å². The van der Waals surface area contributed by atoms with Crippen molar-refractivity contribution in [3.8, 4) is 0 Å². The molecule has 3 rings (SSSR count). The van der Waals surface area contributed by atoms with Gasteiger partial charge in [-0.1, -0.05) is 17.7 Å². The number of hydrogen-bond acceptors (Lipinski definition) is 5. The maximum absolute atomic E-state index is 13.1. The van der Waals surface area contributed by atoms with Crippen molar-refractivity contribution in [3.63, 3.8) is 0 Å². The molecule has 34 heavy (non-hydrogen) atoms. The third-order valence-corrected chi connectivity index (χ3v) is 7.17. The number of anilines is 1. The average Bonchev–Trinajstić information content (AvgIpc) is 2.84. The third-order valence-electron chi connectivity index (χ3n) is 5.07. The second kappa shape index (κ2) is 11.1. The molecule has 2 amide bonds. The van der Waals surface area contributed by atoms with E-state index in [1.54, 1.807) is 29.4 Å². The van der Waals surface area contributed by atoms with Gasteiger partial charge in [0.1, 0.15) is 0 Å². The van der Waals surface area contributed by atoms with Crippen LogP contribution < -0.4 is 5.32 Å². The highest BCUT2D eigenvalue weighted by atomic mass is 35.5. The summed E-state index contributed by atoms with van der Waals surface area (Å²) in [6.07, 6.45) is 6.25. The number of nitrogens with zero attached hydrogens (tertiary/aromatic N) is 2. The van der Waals surface area contributed by atoms with Gasteiger partial charge in [0.25, 0.3) is 5.91 Å². The molecule has 0 unspecified atom stereocenters. The van der Waals surface area contributed by atoms with Crippen LogP contribution in [0.4, 0.5) is 5.69 Å². The summed E-state index contributed by atoms with van der Waals surface area (Å²) >= 11 is 6.19. The number of nitrogens with one attached hydrogen (secondary N) is 1. The van der Waals surface area contributed by atoms with Gasteiger partial charge in [0.15, 0.2) is 0 Å². The van der Waals surface area contributed by atoms with E-state index in [4.69, 9.17) is 11.6 Å². The van der Waals surface area contributed by atoms with Crippen LogP contribution in [0, 0.1) is 0 Å². The van der Waals surface area contributed by atoms with E-state index in [1.165, 1.54) is 48.5 Å². The number of hydrogen-bond donors (Lipinski definition) is 1. The first-order chi connectivity index (χ1) is 16.3. The van der Waals surface area contributed by atoms with Gasteiger partial charge in [-0.15, -0.1) is 0 Å². The van der Waals surface area contributed by atoms with Crippen LogP contribution >= 0.6 is 11.6 Å². The van der Waals surface area contributed by atoms with Crippen molar-refractivity contribution in [2.45, 2.75) is 23.6 Å². The van der Waals surface area contributed by atoms with Crippen LogP contribution in [0.25, 0.3) is 6.08 Å². The zero-order valence-corrected chi connectivity index (χ0v) is 20.3. The maximum atomic E-state index is 13.1. The lowest BCUT2D eigenvalue weighted by molar-refractivity contribution is -0.111. The number of carbonyl (C=O) groups excluding carboxylic acids is 2. The lowest BCUT2D eigenvalue weighted by Gasteiger charge is -2.19. The summed E-state index contributed by atoms with van der Waals surface area (Å²) in [6, 6.07) is 13.5. The SMILES string of the molecule is CCN(CC)C(=O)c1cc(S(=O)(=O)c2ccc(NC(=O)C=Cc3cccnc3)cc2)ccc1Cl. The Morgan fingerprint density at radius 2 is 1.71 bits per heavy atom. The standard InChI is InChI=1S/C25H24ClN3O4S/c1-3-29(4-2)25(31)22-16-21(12-13-23(22)26)34(32,33)20-10-8-19(9-11-20)28-24(30)14-7-18-6-5-15-27-17-18/h5-17H,3-4H2,1-2H3,(H,28,30). The smallest absolute Gasteiger partial charge is 0.255 e. The minimum Gasteiger partial charge on any atom is -0.339 e. The van der Waals surface area contributed by atoms with Crippen LogP contribution in [0.15, 0.2) is 82.9 Å². The Balaban J connectivity index is 1.78. The van der Waals surface area contributed by atoms with Crippen LogP contribution in [-0.2, 0) is 14.6 Å². The number of aromatic nitrogens is 1. The number of amides is 2. The van der Waals surface area contributed by atoms with Gasteiger partial charge in [0, 0.05) is 37.2 Å². The second-order valence-electron chi connectivity index (χ2n) is 7.26. The largest absolute Gasteiger partial charge is 0.339 e. The minimum absolute atomic E-state index is 0.0277. The molecule has 0 aliphatic rings. The topological polar surface area (TPSA) is 96.4 Å². The molecular weight excluding hydrogens is 474 g/mol. The molecule has 1 aromatic heterocycles. The Kier molecular flexibility index (Phi) is 8.20. The lowest BCUT2D eigenvalue weighted by Crippen LogP contribution is -2.30. The molecule has 0 bridgehead atoms. The van der Waals surface area contributed by atoms with Crippen LogP contribution in [0.5, 0.6) is 0 Å². The van der Waals surface area contributed by atoms with Crippen molar-refractivity contribution in [1.29, 1.82) is 0 Å². The number of rotatable bonds is 8. The number of carbonyl (C=O) groups is 2. The van der Waals surface area contributed by atoms with Crippen LogP contribution in [0.2, 0.25) is 5.02 Å². The molecule has 0 saturated carbocycles. The predicted molar refractivity (Wildman–Crippen MR) is 132 cm³/mol. The molecule has 0 atom stereocenters. The Morgan fingerprint density at radius 1 is 1.03 bits per heavy atom. The van der Waals surface area contributed by atoms with Crippen molar-refractivity contribution < 1.29 is 18.0 Å². The van der Waals surface area contributed by atoms with E-state index < -0.39 is 9.84 Å². The van der Waals surface area contributed by atoms with Crippen LogP contribution in [-0.4, -0.2) is 43.2 Å². The molecule has 2 aromatic carbocycles. The molecule has 0 aliphatic carbocycles. The Morgan fingerprint density at radius 3 is 2.32 bits per heavy atom. The molecule has 7 nitrogen and oxygen atoms in total. The quantitative estimate of drug-likeness (QED) is 0.455. The molecule has 1 N–H and O–H groups in total. The Hall–Kier alpha value is -3.49. The first kappa shape index (κ1) is 25.1. The second-order valence-corrected chi connectivity index (χ2v) is 9.61. The highest BCUT2D eigenvalue weighted by Gasteiger charge is 2.22. The number of halogens is 1. The first-order valence-corrected chi connectivity index (χ1v) is 12.5. The van der Waals surface area contributed by atoms with Gasteiger partial charge in [-0.25, -0.2) is 8.42 Å². The van der Waals surface area contributed by atoms with Gasteiger partial charge in [0.05, 0.1) is 20.4 Å². The summed E-state index contributed by atoms with van der Waals surface area (Å²) in [6.45, 7) is 4.64. The Labute approximate surface area is 204 Å². The maximum Gasteiger partial charge on any atom is 0.255 e. The molecule has 3 aromatic rings. The minimum atomic E-state index is -3.91. The van der Waals surface area contributed by atoms with E-state index in [-0.39, 0.29) is 32.2 Å². The molecule has 0 spiro atoms. The number of pyridine rings is 1. The number of benzene rings is 2. The molecule has 9 heteroatoms. The summed E-state index contributed by atoms with van der Waals surface area (Å²) in [4.78, 5) is 30.4. The summed E-state index contributed by atoms with van der Waals surface area (Å²) in [5.41, 5.74) is 1.35. The van der Waals surface area contributed by atoms with E-state index in [2.05, 4.69) is 10.3 Å². The fraction of sp³-hybridized carbons (Fsp3) is 0.160. The van der Waals surface area contributed by atoms with Crippen molar-refractivity contribution in [3.05, 3.63) is 89.2 Å². The summed E-state index contributed by atoms with van der Waals surface area (Å²) in [5.74, 6) is -0.693. The summed E-state index contributed by atoms with van der Waals surface area (Å²) in [7, 11) is -3.91. The molecule has 0 saturated heterocycles. The molecule has 1 heterocycles. The van der Waals surface area contributed by atoms with Crippen molar-refractivity contribution in [2.75, 3.05) is 18.4 Å². The highest BCUT2D eigenvalue weighted by molar-refractivity contribution is 7.91.